The van der Waals surface area contributed by atoms with Gasteiger partial charge in [-0.25, -0.2) is 0 Å². The Morgan fingerprint density at radius 3 is 2.94 bits per heavy atom. The number of rotatable bonds is 9. The molecule has 0 spiro atoms. The molecule has 0 saturated carbocycles. The molecule has 0 aliphatic heterocycles. The second-order valence-corrected chi connectivity index (χ2v) is 3.94. The molecule has 0 fully saturated rings. The van der Waals surface area contributed by atoms with E-state index >= 15 is 0 Å². The number of pyridine rings is 1. The maximum Gasteiger partial charge on any atom is 0.0591 e. The van der Waals surface area contributed by atoms with Crippen molar-refractivity contribution in [2.75, 3.05) is 33.5 Å². The minimum absolute atomic E-state index is 0.744. The van der Waals surface area contributed by atoms with Gasteiger partial charge >= 0.3 is 0 Å². The Balaban J connectivity index is 1.99. The zero-order valence-electron chi connectivity index (χ0n) is 10.7. The van der Waals surface area contributed by atoms with E-state index < -0.39 is 0 Å². The molecule has 1 rings (SSSR count). The highest BCUT2D eigenvalue weighted by Crippen LogP contribution is 2.03. The number of methoxy groups -OCH3 is 1. The molecular formula is C13H22N2O2. The maximum atomic E-state index is 5.45. The lowest BCUT2D eigenvalue weighted by atomic mass is 10.1. The number of ether oxygens (including phenoxy) is 2. The summed E-state index contributed by atoms with van der Waals surface area (Å²) >= 11 is 0. The molecule has 0 atom stereocenters. The van der Waals surface area contributed by atoms with E-state index in [1.165, 1.54) is 11.1 Å². The van der Waals surface area contributed by atoms with E-state index in [2.05, 4.69) is 17.2 Å². The molecule has 0 aliphatic carbocycles. The molecule has 0 aliphatic rings. The van der Waals surface area contributed by atoms with Crippen LogP contribution in [-0.4, -0.2) is 38.5 Å². The van der Waals surface area contributed by atoms with Gasteiger partial charge in [-0.3, -0.25) is 4.98 Å². The highest BCUT2D eigenvalue weighted by atomic mass is 16.5. The highest BCUT2D eigenvalue weighted by molar-refractivity contribution is 5.20. The first kappa shape index (κ1) is 14.1. The van der Waals surface area contributed by atoms with Crippen LogP contribution in [0.4, 0.5) is 0 Å². The average molecular weight is 238 g/mol. The minimum atomic E-state index is 0.744. The van der Waals surface area contributed by atoms with Gasteiger partial charge in [0.25, 0.3) is 0 Å². The van der Waals surface area contributed by atoms with Gasteiger partial charge in [-0.2, -0.15) is 0 Å². The summed E-state index contributed by atoms with van der Waals surface area (Å²) in [4.78, 5) is 4.07. The molecule has 96 valence electrons. The van der Waals surface area contributed by atoms with Crippen LogP contribution in [0.1, 0.15) is 17.5 Å². The summed E-state index contributed by atoms with van der Waals surface area (Å²) < 4.78 is 10.4. The lowest BCUT2D eigenvalue weighted by Gasteiger charge is -2.07. The van der Waals surface area contributed by atoms with Crippen LogP contribution < -0.4 is 5.32 Å². The summed E-state index contributed by atoms with van der Waals surface area (Å²) in [6, 6.07) is 2.04. The van der Waals surface area contributed by atoms with Gasteiger partial charge in [-0.15, -0.1) is 0 Å². The van der Waals surface area contributed by atoms with Crippen molar-refractivity contribution in [3.05, 3.63) is 29.6 Å². The second kappa shape index (κ2) is 9.10. The molecule has 1 heterocycles. The molecule has 0 aromatic carbocycles. The second-order valence-electron chi connectivity index (χ2n) is 3.94. The molecule has 0 radical (unpaired) electrons. The summed E-state index contributed by atoms with van der Waals surface area (Å²) in [6.07, 6.45) is 4.67. The van der Waals surface area contributed by atoms with Crippen LogP contribution in [0.5, 0.6) is 0 Å². The zero-order valence-corrected chi connectivity index (χ0v) is 10.7. The molecule has 1 aromatic heterocycles. The Kier molecular flexibility index (Phi) is 7.54. The molecule has 1 aromatic rings. The van der Waals surface area contributed by atoms with Crippen molar-refractivity contribution in [1.82, 2.24) is 10.3 Å². The Hall–Kier alpha value is -0.970. The monoisotopic (exact) mass is 238 g/mol. The number of hydrogen-bond acceptors (Lipinski definition) is 4. The van der Waals surface area contributed by atoms with Crippen LogP contribution in [0.25, 0.3) is 0 Å². The van der Waals surface area contributed by atoms with Crippen LogP contribution in [0.2, 0.25) is 0 Å². The molecular weight excluding hydrogens is 216 g/mol. The predicted octanol–water partition coefficient (Wildman–Crippen LogP) is 1.53. The van der Waals surface area contributed by atoms with Gasteiger partial charge in [0.2, 0.25) is 0 Å². The van der Waals surface area contributed by atoms with Gasteiger partial charge in [-0.05, 0) is 30.5 Å². The van der Waals surface area contributed by atoms with Crippen molar-refractivity contribution in [1.29, 1.82) is 0 Å². The van der Waals surface area contributed by atoms with Crippen LogP contribution in [-0.2, 0) is 16.0 Å². The standard InChI is InChI=1S/C13H22N2O2/c1-12-10-14-5-4-13(12)11-15-6-9-17-8-3-7-16-2/h4-5,10,15H,3,6-9,11H2,1-2H3. The van der Waals surface area contributed by atoms with Crippen molar-refractivity contribution >= 4 is 0 Å². The first-order chi connectivity index (χ1) is 8.34. The molecule has 0 amide bonds. The van der Waals surface area contributed by atoms with Crippen LogP contribution >= 0.6 is 0 Å². The summed E-state index contributed by atoms with van der Waals surface area (Å²) in [6.45, 7) is 6.09. The Morgan fingerprint density at radius 1 is 1.29 bits per heavy atom. The van der Waals surface area contributed by atoms with Gasteiger partial charge in [0.15, 0.2) is 0 Å². The van der Waals surface area contributed by atoms with Crippen LogP contribution in [0.15, 0.2) is 18.5 Å². The molecule has 0 unspecified atom stereocenters. The number of aromatic nitrogens is 1. The quantitative estimate of drug-likeness (QED) is 0.663. The van der Waals surface area contributed by atoms with Crippen molar-refractivity contribution in [2.24, 2.45) is 0 Å². The SMILES string of the molecule is COCCCOCCNCc1ccncc1C. The van der Waals surface area contributed by atoms with E-state index in [9.17, 15) is 0 Å². The maximum absolute atomic E-state index is 5.45. The highest BCUT2D eigenvalue weighted by Gasteiger charge is 1.96. The van der Waals surface area contributed by atoms with Crippen molar-refractivity contribution in [3.63, 3.8) is 0 Å². The Labute approximate surface area is 103 Å². The molecule has 17 heavy (non-hydrogen) atoms. The van der Waals surface area contributed by atoms with Gasteiger partial charge < -0.3 is 14.8 Å². The van der Waals surface area contributed by atoms with E-state index in [1.54, 1.807) is 7.11 Å². The smallest absolute Gasteiger partial charge is 0.0591 e. The third-order valence-corrected chi connectivity index (χ3v) is 2.51. The summed E-state index contributed by atoms with van der Waals surface area (Å²) in [5, 5.41) is 3.35. The van der Waals surface area contributed by atoms with Crippen LogP contribution in [0.3, 0.4) is 0 Å². The normalized spacial score (nSPS) is 10.7. The van der Waals surface area contributed by atoms with E-state index in [0.29, 0.717) is 0 Å². The number of nitrogens with zero attached hydrogens (tertiary/aromatic N) is 1. The average Bonchev–Trinajstić information content (AvgIpc) is 2.35. The fourth-order valence-corrected chi connectivity index (χ4v) is 1.48. The predicted molar refractivity (Wildman–Crippen MR) is 68.0 cm³/mol. The van der Waals surface area contributed by atoms with Gasteiger partial charge in [-0.1, -0.05) is 0 Å². The molecule has 4 nitrogen and oxygen atoms in total. The lowest BCUT2D eigenvalue weighted by molar-refractivity contribution is 0.104. The largest absolute Gasteiger partial charge is 0.385 e. The Morgan fingerprint density at radius 2 is 2.18 bits per heavy atom. The topological polar surface area (TPSA) is 43.4 Å². The lowest BCUT2D eigenvalue weighted by Crippen LogP contribution is -2.20. The molecule has 0 bridgehead atoms. The first-order valence-electron chi connectivity index (χ1n) is 6.01. The number of nitrogens with one attached hydrogen (secondary N) is 1. The van der Waals surface area contributed by atoms with E-state index in [0.717, 1.165) is 39.3 Å². The van der Waals surface area contributed by atoms with E-state index in [4.69, 9.17) is 9.47 Å². The van der Waals surface area contributed by atoms with E-state index in [1.807, 2.05) is 18.5 Å². The fraction of sp³-hybridized carbons (Fsp3) is 0.615. The first-order valence-corrected chi connectivity index (χ1v) is 6.01. The van der Waals surface area contributed by atoms with Crippen molar-refractivity contribution in [2.45, 2.75) is 19.9 Å². The summed E-state index contributed by atoms with van der Waals surface area (Å²) in [5.41, 5.74) is 2.51. The number of aryl methyl sites for hydroxylation is 1. The van der Waals surface area contributed by atoms with Crippen molar-refractivity contribution < 1.29 is 9.47 Å². The molecule has 4 heteroatoms. The fourth-order valence-electron chi connectivity index (χ4n) is 1.48. The zero-order chi connectivity index (χ0) is 12.3. The Bertz CT molecular complexity index is 305. The third-order valence-electron chi connectivity index (χ3n) is 2.51. The summed E-state index contributed by atoms with van der Waals surface area (Å²) in [5.74, 6) is 0. The molecule has 1 N–H and O–H groups in total. The minimum Gasteiger partial charge on any atom is -0.385 e. The van der Waals surface area contributed by atoms with Gasteiger partial charge in [0.05, 0.1) is 6.61 Å². The van der Waals surface area contributed by atoms with Crippen molar-refractivity contribution in [3.8, 4) is 0 Å². The third kappa shape index (κ3) is 6.36. The van der Waals surface area contributed by atoms with E-state index in [-0.39, 0.29) is 0 Å². The van der Waals surface area contributed by atoms with Gasteiger partial charge in [0.1, 0.15) is 0 Å². The number of hydrogen-bond donors (Lipinski definition) is 1. The van der Waals surface area contributed by atoms with Gasteiger partial charge in [0, 0.05) is 45.8 Å². The summed E-state index contributed by atoms with van der Waals surface area (Å²) in [7, 11) is 1.71. The van der Waals surface area contributed by atoms with Crippen LogP contribution in [0, 0.1) is 6.92 Å². The molecule has 0 saturated heterocycles.